The molecule has 6 nitrogen and oxygen atoms in total. The van der Waals surface area contributed by atoms with E-state index >= 15 is 0 Å². The highest BCUT2D eigenvalue weighted by Crippen LogP contribution is 2.34. The summed E-state index contributed by atoms with van der Waals surface area (Å²) in [6.07, 6.45) is 4.83. The molecule has 0 spiro atoms. The van der Waals surface area contributed by atoms with Crippen LogP contribution < -0.4 is 4.74 Å². The van der Waals surface area contributed by atoms with Crippen LogP contribution in [-0.4, -0.2) is 34.1 Å². The zero-order chi connectivity index (χ0) is 28.6. The van der Waals surface area contributed by atoms with Gasteiger partial charge in [-0.15, -0.1) is 0 Å². The van der Waals surface area contributed by atoms with Gasteiger partial charge in [0, 0.05) is 7.05 Å². The van der Waals surface area contributed by atoms with Crippen molar-refractivity contribution in [3.8, 4) is 5.75 Å². The number of hydrogen-bond acceptors (Lipinski definition) is 5. The summed E-state index contributed by atoms with van der Waals surface area (Å²) in [6, 6.07) is 23.6. The highest BCUT2D eigenvalue weighted by molar-refractivity contribution is 8.18. The molecule has 1 amide bonds. The van der Waals surface area contributed by atoms with E-state index in [4.69, 9.17) is 9.84 Å². The smallest absolute Gasteiger partial charge is 0.307 e. The molecule has 7 heteroatoms. The first-order chi connectivity index (χ1) is 19.2. The van der Waals surface area contributed by atoms with E-state index in [1.54, 1.807) is 31.3 Å². The number of carbonyl (C=O) groups excluding carboxylic acids is 1. The largest absolute Gasteiger partial charge is 0.486 e. The molecule has 1 unspecified atom stereocenters. The van der Waals surface area contributed by atoms with Gasteiger partial charge < -0.3 is 9.84 Å². The van der Waals surface area contributed by atoms with Gasteiger partial charge in [0.15, 0.2) is 5.17 Å². The van der Waals surface area contributed by atoms with Crippen molar-refractivity contribution in [2.24, 2.45) is 10.9 Å². The van der Waals surface area contributed by atoms with Crippen molar-refractivity contribution in [1.29, 1.82) is 0 Å². The summed E-state index contributed by atoms with van der Waals surface area (Å²) < 4.78 is 6.39. The van der Waals surface area contributed by atoms with Gasteiger partial charge in [-0.1, -0.05) is 75.7 Å². The molecule has 40 heavy (non-hydrogen) atoms. The summed E-state index contributed by atoms with van der Waals surface area (Å²) in [7, 11) is 1.70. The number of thioether (sulfide) groups is 1. The minimum atomic E-state index is -0.877. The second kappa shape index (κ2) is 13.5. The van der Waals surface area contributed by atoms with Crippen LogP contribution in [0.5, 0.6) is 5.75 Å². The van der Waals surface area contributed by atoms with Crippen LogP contribution in [0.3, 0.4) is 0 Å². The molecular formula is C33H36N2O4S. The van der Waals surface area contributed by atoms with Gasteiger partial charge in [-0.05, 0) is 83.1 Å². The van der Waals surface area contributed by atoms with Crippen LogP contribution in [0, 0.1) is 5.92 Å². The van der Waals surface area contributed by atoms with Crippen molar-refractivity contribution in [3.63, 3.8) is 0 Å². The fourth-order valence-corrected chi connectivity index (χ4v) is 5.47. The molecule has 1 fully saturated rings. The number of nitrogens with zero attached hydrogens (tertiary/aromatic N) is 2. The SMILES string of the molecule is CCCC(Oc1ccc(/C=C2/S/C(=N\c3ccc(CC(=O)O)cc3)N(C)C2=O)cc1)c1ccc(CC(C)C)cc1. The molecule has 1 heterocycles. The molecule has 0 aromatic heterocycles. The van der Waals surface area contributed by atoms with Crippen LogP contribution in [0.1, 0.15) is 62.0 Å². The van der Waals surface area contributed by atoms with Gasteiger partial charge in [-0.25, -0.2) is 4.99 Å². The Labute approximate surface area is 240 Å². The Morgan fingerprint density at radius 2 is 1.65 bits per heavy atom. The number of aliphatic imine (C=N–C) groups is 1. The molecule has 208 valence electrons. The van der Waals surface area contributed by atoms with Crippen LogP contribution >= 0.6 is 11.8 Å². The van der Waals surface area contributed by atoms with Crippen molar-refractivity contribution in [2.45, 2.75) is 52.6 Å². The lowest BCUT2D eigenvalue weighted by atomic mass is 9.99. The summed E-state index contributed by atoms with van der Waals surface area (Å²) >= 11 is 1.32. The van der Waals surface area contributed by atoms with Gasteiger partial charge in [0.25, 0.3) is 5.91 Å². The number of amides is 1. The van der Waals surface area contributed by atoms with Crippen molar-refractivity contribution < 1.29 is 19.4 Å². The quantitative estimate of drug-likeness (QED) is 0.245. The molecule has 3 aromatic rings. The summed E-state index contributed by atoms with van der Waals surface area (Å²) in [5.41, 5.74) is 4.79. The van der Waals surface area contributed by atoms with Crippen LogP contribution in [0.25, 0.3) is 6.08 Å². The highest BCUT2D eigenvalue weighted by Gasteiger charge is 2.30. The van der Waals surface area contributed by atoms with Crippen molar-refractivity contribution in [2.75, 3.05) is 7.05 Å². The number of rotatable bonds is 11. The fraction of sp³-hybridized carbons (Fsp3) is 0.303. The van der Waals surface area contributed by atoms with E-state index in [0.29, 0.717) is 27.2 Å². The number of carboxylic acids is 1. The number of carbonyl (C=O) groups is 2. The average Bonchev–Trinajstić information content (AvgIpc) is 3.18. The Morgan fingerprint density at radius 3 is 2.25 bits per heavy atom. The van der Waals surface area contributed by atoms with E-state index in [2.05, 4.69) is 50.0 Å². The summed E-state index contributed by atoms with van der Waals surface area (Å²) in [5, 5.41) is 9.52. The number of ether oxygens (including phenoxy) is 1. The number of benzene rings is 3. The van der Waals surface area contributed by atoms with E-state index in [0.717, 1.165) is 30.6 Å². The molecule has 3 aromatic carbocycles. The molecule has 1 aliphatic rings. The molecule has 1 N–H and O–H groups in total. The van der Waals surface area contributed by atoms with Crippen LogP contribution in [-0.2, 0) is 22.4 Å². The predicted octanol–water partition coefficient (Wildman–Crippen LogP) is 7.67. The van der Waals surface area contributed by atoms with Gasteiger partial charge in [0.05, 0.1) is 17.0 Å². The number of amidine groups is 1. The first-order valence-corrected chi connectivity index (χ1v) is 14.5. The molecule has 1 aliphatic heterocycles. The second-order valence-electron chi connectivity index (χ2n) is 10.4. The van der Waals surface area contributed by atoms with Crippen molar-refractivity contribution >= 4 is 40.6 Å². The number of aliphatic carboxylic acids is 1. The van der Waals surface area contributed by atoms with Gasteiger partial charge in [-0.3, -0.25) is 14.5 Å². The molecule has 1 saturated heterocycles. The minimum Gasteiger partial charge on any atom is -0.486 e. The van der Waals surface area contributed by atoms with E-state index in [1.807, 2.05) is 30.3 Å². The Bertz CT molecular complexity index is 1380. The van der Waals surface area contributed by atoms with E-state index in [9.17, 15) is 9.59 Å². The summed E-state index contributed by atoms with van der Waals surface area (Å²) in [4.78, 5) is 30.5. The zero-order valence-electron chi connectivity index (χ0n) is 23.5. The molecule has 4 rings (SSSR count). The fourth-order valence-electron chi connectivity index (χ4n) is 4.48. The van der Waals surface area contributed by atoms with Gasteiger partial charge in [0.1, 0.15) is 11.9 Å². The van der Waals surface area contributed by atoms with Crippen LogP contribution in [0.15, 0.2) is 82.7 Å². The van der Waals surface area contributed by atoms with E-state index in [1.165, 1.54) is 27.8 Å². The van der Waals surface area contributed by atoms with Gasteiger partial charge in [0.2, 0.25) is 0 Å². The lowest BCUT2D eigenvalue weighted by Crippen LogP contribution is -2.23. The Morgan fingerprint density at radius 1 is 1.00 bits per heavy atom. The summed E-state index contributed by atoms with van der Waals surface area (Å²) in [5.74, 6) is 0.430. The summed E-state index contributed by atoms with van der Waals surface area (Å²) in [6.45, 7) is 6.63. The second-order valence-corrected chi connectivity index (χ2v) is 11.4. The monoisotopic (exact) mass is 556 g/mol. The molecule has 0 saturated carbocycles. The molecule has 0 radical (unpaired) electrons. The Hall–Kier alpha value is -3.84. The standard InChI is InChI=1S/C33H36N2O4S/c1-5-6-29(26-13-7-23(8-14-26)19-22(2)3)39-28-17-11-24(12-18-28)20-30-32(38)35(4)33(40-30)34-27-15-9-25(10-16-27)21-31(36)37/h7-18,20,22,29H,5-6,19,21H2,1-4H3,(H,36,37)/b30-20+,34-33-. The molecular weight excluding hydrogens is 520 g/mol. The molecule has 0 aliphatic carbocycles. The first kappa shape index (κ1) is 29.2. The van der Waals surface area contributed by atoms with Gasteiger partial charge in [-0.2, -0.15) is 0 Å². The number of hydrogen-bond donors (Lipinski definition) is 1. The third-order valence-corrected chi connectivity index (χ3v) is 7.58. The third-order valence-electron chi connectivity index (χ3n) is 6.52. The third kappa shape index (κ3) is 7.85. The minimum absolute atomic E-state index is 0.0140. The van der Waals surface area contributed by atoms with Crippen LogP contribution in [0.2, 0.25) is 0 Å². The lowest BCUT2D eigenvalue weighted by molar-refractivity contribution is -0.136. The predicted molar refractivity (Wildman–Crippen MR) is 163 cm³/mol. The average molecular weight is 557 g/mol. The lowest BCUT2D eigenvalue weighted by Gasteiger charge is -2.20. The maximum Gasteiger partial charge on any atom is 0.307 e. The topological polar surface area (TPSA) is 79.2 Å². The maximum absolute atomic E-state index is 12.9. The van der Waals surface area contributed by atoms with Gasteiger partial charge >= 0.3 is 5.97 Å². The highest BCUT2D eigenvalue weighted by atomic mass is 32.2. The number of carboxylic acid groups (broad SMARTS) is 1. The van der Waals surface area contributed by atoms with Crippen LogP contribution in [0.4, 0.5) is 5.69 Å². The molecule has 1 atom stereocenters. The normalized spacial score (nSPS) is 16.2. The zero-order valence-corrected chi connectivity index (χ0v) is 24.3. The van der Waals surface area contributed by atoms with Crippen molar-refractivity contribution in [3.05, 3.63) is 100.0 Å². The Kier molecular flexibility index (Phi) is 9.83. The maximum atomic E-state index is 12.9. The first-order valence-electron chi connectivity index (χ1n) is 13.6. The molecule has 0 bridgehead atoms. The van der Waals surface area contributed by atoms with E-state index in [-0.39, 0.29) is 18.4 Å². The van der Waals surface area contributed by atoms with E-state index < -0.39 is 5.97 Å². The van der Waals surface area contributed by atoms with Crippen molar-refractivity contribution in [1.82, 2.24) is 4.90 Å². The Balaban J connectivity index is 1.43. The number of likely N-dealkylation sites (N-methyl/N-ethyl adjacent to an activating group) is 1.